The van der Waals surface area contributed by atoms with Crippen LogP contribution >= 0.6 is 15.9 Å². The van der Waals surface area contributed by atoms with E-state index in [0.29, 0.717) is 23.6 Å². The lowest BCUT2D eigenvalue weighted by Gasteiger charge is -2.15. The third kappa shape index (κ3) is 3.16. The van der Waals surface area contributed by atoms with E-state index in [9.17, 15) is 0 Å². The molecular weight excluding hydrogens is 322 g/mol. The summed E-state index contributed by atoms with van der Waals surface area (Å²) in [5.41, 5.74) is 8.11. The smallest absolute Gasteiger partial charge is 0.174 e. The molecule has 0 radical (unpaired) electrons. The predicted octanol–water partition coefficient (Wildman–Crippen LogP) is 3.89. The lowest BCUT2D eigenvalue weighted by atomic mass is 10.0. The Balaban J connectivity index is 2.32. The Labute approximate surface area is 127 Å². The molecule has 0 aliphatic rings. The van der Waals surface area contributed by atoms with Gasteiger partial charge in [0.1, 0.15) is 0 Å². The van der Waals surface area contributed by atoms with Crippen LogP contribution in [0.4, 0.5) is 0 Å². The molecule has 0 saturated heterocycles. The Morgan fingerprint density at radius 1 is 1.15 bits per heavy atom. The van der Waals surface area contributed by atoms with Crippen LogP contribution in [0.15, 0.2) is 39.6 Å². The number of benzene rings is 1. The van der Waals surface area contributed by atoms with Crippen molar-refractivity contribution in [3.05, 3.63) is 46.3 Å². The van der Waals surface area contributed by atoms with E-state index in [1.54, 1.807) is 6.26 Å². The largest absolute Gasteiger partial charge is 0.490 e. The second-order valence-electron chi connectivity index (χ2n) is 4.20. The van der Waals surface area contributed by atoms with Crippen LogP contribution < -0.4 is 15.2 Å². The van der Waals surface area contributed by atoms with Gasteiger partial charge in [-0.15, -0.1) is 0 Å². The summed E-state index contributed by atoms with van der Waals surface area (Å²) in [6, 6.07) is 7.32. The predicted molar refractivity (Wildman–Crippen MR) is 81.2 cm³/mol. The molecule has 0 saturated carbocycles. The van der Waals surface area contributed by atoms with E-state index in [4.69, 9.17) is 19.6 Å². The Kier molecular flexibility index (Phi) is 5.09. The molecule has 0 spiro atoms. The first-order valence-electron chi connectivity index (χ1n) is 6.55. The maximum atomic E-state index is 6.26. The molecular formula is C15H18BrNO3. The zero-order chi connectivity index (χ0) is 14.5. The van der Waals surface area contributed by atoms with Gasteiger partial charge in [-0.25, -0.2) is 0 Å². The second kappa shape index (κ2) is 6.81. The zero-order valence-corrected chi connectivity index (χ0v) is 13.1. The summed E-state index contributed by atoms with van der Waals surface area (Å²) in [7, 11) is 0. The Hall–Kier alpha value is -1.46. The number of ether oxygens (including phenoxy) is 2. The molecule has 0 fully saturated rings. The SMILES string of the molecule is CCOc1ccc(C(N)c2ccoc2Br)cc1OCC. The maximum absolute atomic E-state index is 6.26. The molecule has 0 aliphatic heterocycles. The van der Waals surface area contributed by atoms with Crippen LogP contribution in [0.5, 0.6) is 11.5 Å². The fraction of sp³-hybridized carbons (Fsp3) is 0.333. The number of hydrogen-bond donors (Lipinski definition) is 1. The number of nitrogens with two attached hydrogens (primary N) is 1. The highest BCUT2D eigenvalue weighted by molar-refractivity contribution is 9.10. The summed E-state index contributed by atoms with van der Waals surface area (Å²) in [6.07, 6.45) is 1.61. The minimum Gasteiger partial charge on any atom is -0.490 e. The van der Waals surface area contributed by atoms with E-state index in [2.05, 4.69) is 15.9 Å². The van der Waals surface area contributed by atoms with Gasteiger partial charge in [0.05, 0.1) is 25.5 Å². The normalized spacial score (nSPS) is 12.2. The van der Waals surface area contributed by atoms with E-state index in [1.165, 1.54) is 0 Å². The molecule has 2 aromatic rings. The molecule has 1 aromatic carbocycles. The second-order valence-corrected chi connectivity index (χ2v) is 4.92. The molecule has 2 N–H and O–H groups in total. The molecule has 5 heteroatoms. The van der Waals surface area contributed by atoms with Crippen LogP contribution in [0, 0.1) is 0 Å². The monoisotopic (exact) mass is 339 g/mol. The van der Waals surface area contributed by atoms with Crippen LogP contribution in [0.3, 0.4) is 0 Å². The van der Waals surface area contributed by atoms with Crippen molar-refractivity contribution in [2.75, 3.05) is 13.2 Å². The molecule has 0 amide bonds. The summed E-state index contributed by atoms with van der Waals surface area (Å²) < 4.78 is 17.0. The van der Waals surface area contributed by atoms with Crippen molar-refractivity contribution in [2.45, 2.75) is 19.9 Å². The fourth-order valence-electron chi connectivity index (χ4n) is 1.97. The topological polar surface area (TPSA) is 57.6 Å². The highest BCUT2D eigenvalue weighted by atomic mass is 79.9. The van der Waals surface area contributed by atoms with Gasteiger partial charge in [-0.2, -0.15) is 0 Å². The van der Waals surface area contributed by atoms with E-state index >= 15 is 0 Å². The maximum Gasteiger partial charge on any atom is 0.174 e. The highest BCUT2D eigenvalue weighted by Crippen LogP contribution is 2.34. The van der Waals surface area contributed by atoms with E-state index in [-0.39, 0.29) is 6.04 Å². The van der Waals surface area contributed by atoms with Crippen LogP contribution in [-0.4, -0.2) is 13.2 Å². The van der Waals surface area contributed by atoms with Gasteiger partial charge in [0, 0.05) is 5.56 Å². The van der Waals surface area contributed by atoms with E-state index in [1.807, 2.05) is 38.1 Å². The summed E-state index contributed by atoms with van der Waals surface area (Å²) in [4.78, 5) is 0. The van der Waals surface area contributed by atoms with Crippen LogP contribution in [0.1, 0.15) is 31.0 Å². The molecule has 1 atom stereocenters. The van der Waals surface area contributed by atoms with Crippen molar-refractivity contribution in [3.63, 3.8) is 0 Å². The van der Waals surface area contributed by atoms with Crippen LogP contribution in [0.2, 0.25) is 0 Å². The standard InChI is InChI=1S/C15H18BrNO3/c1-3-18-12-6-5-10(9-13(12)19-4-2)14(17)11-7-8-20-15(11)16/h5-9,14H,3-4,17H2,1-2H3. The molecule has 0 aliphatic carbocycles. The molecule has 1 unspecified atom stereocenters. The molecule has 2 rings (SSSR count). The highest BCUT2D eigenvalue weighted by Gasteiger charge is 2.16. The lowest BCUT2D eigenvalue weighted by Crippen LogP contribution is -2.12. The van der Waals surface area contributed by atoms with Gasteiger partial charge >= 0.3 is 0 Å². The third-order valence-electron chi connectivity index (χ3n) is 2.91. The molecule has 20 heavy (non-hydrogen) atoms. The van der Waals surface area contributed by atoms with Crippen LogP contribution in [0.25, 0.3) is 0 Å². The van der Waals surface area contributed by atoms with Crippen molar-refractivity contribution < 1.29 is 13.9 Å². The number of rotatable bonds is 6. The van der Waals surface area contributed by atoms with Gasteiger partial charge in [0.25, 0.3) is 0 Å². The van der Waals surface area contributed by atoms with Gasteiger partial charge in [0.2, 0.25) is 0 Å². The average Bonchev–Trinajstić information content (AvgIpc) is 2.86. The number of halogens is 1. The van der Waals surface area contributed by atoms with E-state index < -0.39 is 0 Å². The minimum atomic E-state index is -0.280. The molecule has 108 valence electrons. The molecule has 0 bridgehead atoms. The molecule has 1 aromatic heterocycles. The average molecular weight is 340 g/mol. The van der Waals surface area contributed by atoms with Crippen molar-refractivity contribution in [3.8, 4) is 11.5 Å². The van der Waals surface area contributed by atoms with Gasteiger partial charge in [-0.05, 0) is 53.5 Å². The van der Waals surface area contributed by atoms with Crippen molar-refractivity contribution in [1.82, 2.24) is 0 Å². The first kappa shape index (κ1) is 14.9. The van der Waals surface area contributed by atoms with Crippen molar-refractivity contribution >= 4 is 15.9 Å². The summed E-state index contributed by atoms with van der Waals surface area (Å²) in [6.45, 7) is 5.06. The first-order valence-corrected chi connectivity index (χ1v) is 7.34. The third-order valence-corrected chi connectivity index (χ3v) is 3.55. The van der Waals surface area contributed by atoms with Gasteiger partial charge in [-0.1, -0.05) is 6.07 Å². The quantitative estimate of drug-likeness (QED) is 0.867. The Morgan fingerprint density at radius 3 is 2.45 bits per heavy atom. The summed E-state index contributed by atoms with van der Waals surface area (Å²) >= 11 is 3.35. The minimum absolute atomic E-state index is 0.280. The summed E-state index contributed by atoms with van der Waals surface area (Å²) in [5.74, 6) is 1.44. The van der Waals surface area contributed by atoms with Crippen molar-refractivity contribution in [1.29, 1.82) is 0 Å². The Bertz CT molecular complexity index is 568. The van der Waals surface area contributed by atoms with E-state index in [0.717, 1.165) is 16.9 Å². The van der Waals surface area contributed by atoms with Gasteiger partial charge in [-0.3, -0.25) is 0 Å². The summed E-state index contributed by atoms with van der Waals surface area (Å²) in [5, 5.41) is 0. The molecule has 4 nitrogen and oxygen atoms in total. The zero-order valence-electron chi connectivity index (χ0n) is 11.6. The van der Waals surface area contributed by atoms with Gasteiger partial charge in [0.15, 0.2) is 16.2 Å². The Morgan fingerprint density at radius 2 is 1.85 bits per heavy atom. The number of furan rings is 1. The fourth-order valence-corrected chi connectivity index (χ4v) is 2.45. The van der Waals surface area contributed by atoms with Crippen molar-refractivity contribution in [2.24, 2.45) is 5.73 Å². The van der Waals surface area contributed by atoms with Gasteiger partial charge < -0.3 is 19.6 Å². The molecule has 1 heterocycles. The lowest BCUT2D eigenvalue weighted by molar-refractivity contribution is 0.287. The van der Waals surface area contributed by atoms with Crippen LogP contribution in [-0.2, 0) is 0 Å². The number of hydrogen-bond acceptors (Lipinski definition) is 4. The first-order chi connectivity index (χ1) is 9.67.